The van der Waals surface area contributed by atoms with E-state index in [-0.39, 0.29) is 6.54 Å². The maximum atomic E-state index is 10.9. The Kier molecular flexibility index (Phi) is 3.58. The van der Waals surface area contributed by atoms with E-state index in [2.05, 4.69) is 4.37 Å². The minimum absolute atomic E-state index is 0.0278. The van der Waals surface area contributed by atoms with Crippen LogP contribution in [-0.4, -0.2) is 28.5 Å². The van der Waals surface area contributed by atoms with E-state index in [9.17, 15) is 4.79 Å². The van der Waals surface area contributed by atoms with Crippen LogP contribution in [0.25, 0.3) is 10.9 Å². The number of aromatic nitrogens is 1. The zero-order valence-corrected chi connectivity index (χ0v) is 10.4. The molecule has 0 aliphatic heterocycles. The van der Waals surface area contributed by atoms with E-state index in [0.717, 1.165) is 28.9 Å². The first-order valence-electron chi connectivity index (χ1n) is 5.53. The fourth-order valence-electron chi connectivity index (χ4n) is 1.79. The molecule has 1 N–H and O–H groups in total. The molecule has 0 radical (unpaired) electrons. The van der Waals surface area contributed by atoms with Crippen molar-refractivity contribution < 1.29 is 9.90 Å². The monoisotopic (exact) mass is 250 g/mol. The molecule has 2 aromatic rings. The van der Waals surface area contributed by atoms with E-state index >= 15 is 0 Å². The van der Waals surface area contributed by atoms with E-state index in [4.69, 9.17) is 5.11 Å². The summed E-state index contributed by atoms with van der Waals surface area (Å²) in [5, 5.41) is 10.9. The predicted octanol–water partition coefficient (Wildman–Crippen LogP) is 2.60. The van der Waals surface area contributed by atoms with Gasteiger partial charge in [0.15, 0.2) is 0 Å². The fraction of sp³-hybridized carbons (Fsp3) is 0.333. The lowest BCUT2D eigenvalue weighted by Crippen LogP contribution is -2.29. The number of carboxylic acid groups (broad SMARTS) is 1. The van der Waals surface area contributed by atoms with Crippen molar-refractivity contribution in [2.75, 3.05) is 18.0 Å². The second-order valence-electron chi connectivity index (χ2n) is 3.82. The molecular weight excluding hydrogens is 236 g/mol. The van der Waals surface area contributed by atoms with Crippen LogP contribution in [-0.2, 0) is 4.79 Å². The highest BCUT2D eigenvalue weighted by Crippen LogP contribution is 2.30. The molecule has 4 nitrogen and oxygen atoms in total. The van der Waals surface area contributed by atoms with Crippen molar-refractivity contribution in [1.82, 2.24) is 4.37 Å². The average molecular weight is 250 g/mol. The first kappa shape index (κ1) is 11.9. The molecular formula is C12H14N2O2S. The molecule has 0 spiro atoms. The van der Waals surface area contributed by atoms with Gasteiger partial charge in [-0.15, -0.1) is 0 Å². The van der Waals surface area contributed by atoms with Crippen LogP contribution in [0.4, 0.5) is 5.00 Å². The Morgan fingerprint density at radius 1 is 1.47 bits per heavy atom. The van der Waals surface area contributed by atoms with Crippen LogP contribution in [0, 0.1) is 0 Å². The first-order chi connectivity index (χ1) is 8.22. The summed E-state index contributed by atoms with van der Waals surface area (Å²) in [6, 6.07) is 7.82. The van der Waals surface area contributed by atoms with Crippen molar-refractivity contribution in [2.24, 2.45) is 0 Å². The molecule has 0 saturated heterocycles. The molecule has 0 unspecified atom stereocenters. The molecule has 0 saturated carbocycles. The van der Waals surface area contributed by atoms with Crippen molar-refractivity contribution in [1.29, 1.82) is 0 Å². The number of hydrogen-bond donors (Lipinski definition) is 1. The largest absolute Gasteiger partial charge is 0.480 e. The van der Waals surface area contributed by atoms with Crippen molar-refractivity contribution >= 4 is 33.4 Å². The molecule has 0 amide bonds. The molecule has 0 aliphatic carbocycles. The van der Waals surface area contributed by atoms with Gasteiger partial charge in [-0.2, -0.15) is 4.37 Å². The molecule has 0 aliphatic rings. The van der Waals surface area contributed by atoms with Gasteiger partial charge < -0.3 is 10.0 Å². The van der Waals surface area contributed by atoms with Crippen molar-refractivity contribution in [2.45, 2.75) is 13.3 Å². The van der Waals surface area contributed by atoms with E-state index in [1.54, 1.807) is 0 Å². The van der Waals surface area contributed by atoms with E-state index in [1.807, 2.05) is 36.1 Å². The van der Waals surface area contributed by atoms with Gasteiger partial charge in [0, 0.05) is 11.9 Å². The number of hydrogen-bond acceptors (Lipinski definition) is 4. The molecule has 90 valence electrons. The van der Waals surface area contributed by atoms with Gasteiger partial charge in [-0.3, -0.25) is 4.79 Å². The summed E-state index contributed by atoms with van der Waals surface area (Å²) < 4.78 is 4.34. The SMILES string of the molecule is CCCN(CC(=O)O)c1snc2ccccc12. The van der Waals surface area contributed by atoms with Gasteiger partial charge >= 0.3 is 5.97 Å². The summed E-state index contributed by atoms with van der Waals surface area (Å²) in [4.78, 5) is 12.7. The average Bonchev–Trinajstić information content (AvgIpc) is 2.71. The number of benzene rings is 1. The normalized spacial score (nSPS) is 10.6. The minimum atomic E-state index is -0.809. The number of anilines is 1. The second-order valence-corrected chi connectivity index (χ2v) is 4.57. The Morgan fingerprint density at radius 3 is 2.94 bits per heavy atom. The number of fused-ring (bicyclic) bond motifs is 1. The van der Waals surface area contributed by atoms with Crippen LogP contribution >= 0.6 is 11.5 Å². The van der Waals surface area contributed by atoms with Crippen LogP contribution in [0.2, 0.25) is 0 Å². The third kappa shape index (κ3) is 2.55. The molecule has 0 fully saturated rings. The lowest BCUT2D eigenvalue weighted by molar-refractivity contribution is -0.135. The van der Waals surface area contributed by atoms with Gasteiger partial charge in [0.25, 0.3) is 0 Å². The van der Waals surface area contributed by atoms with E-state index in [1.165, 1.54) is 11.5 Å². The Labute approximate surface area is 104 Å². The molecule has 1 heterocycles. The van der Waals surface area contributed by atoms with Crippen molar-refractivity contribution in [3.8, 4) is 0 Å². The molecule has 2 rings (SSSR count). The van der Waals surface area contributed by atoms with Crippen molar-refractivity contribution in [3.63, 3.8) is 0 Å². The maximum absolute atomic E-state index is 10.9. The molecule has 0 bridgehead atoms. The number of rotatable bonds is 5. The van der Waals surface area contributed by atoms with Crippen molar-refractivity contribution in [3.05, 3.63) is 24.3 Å². The maximum Gasteiger partial charge on any atom is 0.323 e. The fourth-order valence-corrected chi connectivity index (χ4v) is 2.68. The lowest BCUT2D eigenvalue weighted by atomic mass is 10.2. The summed E-state index contributed by atoms with van der Waals surface area (Å²) in [5.74, 6) is -0.809. The van der Waals surface area contributed by atoms with Gasteiger partial charge in [-0.05, 0) is 30.1 Å². The van der Waals surface area contributed by atoms with Gasteiger partial charge in [0.2, 0.25) is 0 Å². The van der Waals surface area contributed by atoms with Crippen LogP contribution in [0.5, 0.6) is 0 Å². The zero-order valence-electron chi connectivity index (χ0n) is 9.59. The Hall–Kier alpha value is -1.62. The molecule has 17 heavy (non-hydrogen) atoms. The summed E-state index contributed by atoms with van der Waals surface area (Å²) in [6.07, 6.45) is 0.916. The van der Waals surface area contributed by atoms with E-state index in [0.29, 0.717) is 0 Å². The minimum Gasteiger partial charge on any atom is -0.480 e. The molecule has 1 aromatic carbocycles. The quantitative estimate of drug-likeness (QED) is 0.886. The first-order valence-corrected chi connectivity index (χ1v) is 6.31. The summed E-state index contributed by atoms with van der Waals surface area (Å²) in [7, 11) is 0. The van der Waals surface area contributed by atoms with Crippen LogP contribution < -0.4 is 4.90 Å². The smallest absolute Gasteiger partial charge is 0.323 e. The van der Waals surface area contributed by atoms with Gasteiger partial charge in [-0.1, -0.05) is 19.1 Å². The number of aliphatic carboxylic acids is 1. The summed E-state index contributed by atoms with van der Waals surface area (Å²) in [5.41, 5.74) is 0.930. The highest BCUT2D eigenvalue weighted by Gasteiger charge is 2.15. The summed E-state index contributed by atoms with van der Waals surface area (Å²) >= 11 is 1.37. The molecule has 0 atom stereocenters. The zero-order chi connectivity index (χ0) is 12.3. The van der Waals surface area contributed by atoms with E-state index < -0.39 is 5.97 Å². The molecule has 1 aromatic heterocycles. The third-order valence-corrected chi connectivity index (χ3v) is 3.41. The topological polar surface area (TPSA) is 53.4 Å². The standard InChI is InChI=1S/C12H14N2O2S/c1-2-7-14(8-11(15)16)12-9-5-3-4-6-10(9)13-17-12/h3-6H,2,7-8H2,1H3,(H,15,16). The number of carbonyl (C=O) groups is 1. The third-order valence-electron chi connectivity index (χ3n) is 2.47. The van der Waals surface area contributed by atoms with Crippen LogP contribution in [0.3, 0.4) is 0 Å². The highest BCUT2D eigenvalue weighted by atomic mass is 32.1. The van der Waals surface area contributed by atoms with Gasteiger partial charge in [0.1, 0.15) is 11.5 Å². The number of carboxylic acids is 1. The second kappa shape index (κ2) is 5.14. The van der Waals surface area contributed by atoms with Crippen LogP contribution in [0.15, 0.2) is 24.3 Å². The van der Waals surface area contributed by atoms with Gasteiger partial charge in [-0.25, -0.2) is 0 Å². The highest BCUT2D eigenvalue weighted by molar-refractivity contribution is 7.11. The Morgan fingerprint density at radius 2 is 2.24 bits per heavy atom. The Bertz CT molecular complexity index is 524. The van der Waals surface area contributed by atoms with Gasteiger partial charge in [0.05, 0.1) is 5.52 Å². The Balaban J connectivity index is 2.37. The predicted molar refractivity (Wildman–Crippen MR) is 69.8 cm³/mol. The summed E-state index contributed by atoms with van der Waals surface area (Å²) in [6.45, 7) is 2.80. The van der Waals surface area contributed by atoms with Crippen LogP contribution in [0.1, 0.15) is 13.3 Å². The number of nitrogens with zero attached hydrogens (tertiary/aromatic N) is 2. The molecule has 5 heteroatoms. The lowest BCUT2D eigenvalue weighted by Gasteiger charge is -2.19.